The van der Waals surface area contributed by atoms with Crippen LogP contribution in [0.4, 0.5) is 0 Å². The number of hydrogen-bond donors (Lipinski definition) is 3. The quantitative estimate of drug-likeness (QED) is 0.554. The summed E-state index contributed by atoms with van der Waals surface area (Å²) in [5.74, 6) is -2.17. The van der Waals surface area contributed by atoms with Crippen molar-refractivity contribution in [3.05, 3.63) is 0 Å². The van der Waals surface area contributed by atoms with Crippen LogP contribution in [0.2, 0.25) is 0 Å². The lowest BCUT2D eigenvalue weighted by Gasteiger charge is -2.25. The molecule has 0 aromatic rings. The van der Waals surface area contributed by atoms with Gasteiger partial charge in [0.2, 0.25) is 5.91 Å². The smallest absolute Gasteiger partial charge is 0.326 e. The molecule has 8 heteroatoms. The van der Waals surface area contributed by atoms with Crippen LogP contribution in [-0.2, 0) is 19.4 Å². The Morgan fingerprint density at radius 2 is 1.95 bits per heavy atom. The second-order valence-electron chi connectivity index (χ2n) is 4.95. The Morgan fingerprint density at radius 1 is 1.42 bits per heavy atom. The maximum Gasteiger partial charge on any atom is 0.326 e. The molecule has 0 radical (unpaired) electrons. The van der Waals surface area contributed by atoms with Crippen LogP contribution in [0.1, 0.15) is 33.1 Å². The molecule has 0 fully saturated rings. The number of amides is 1. The first-order chi connectivity index (χ1) is 8.49. The van der Waals surface area contributed by atoms with E-state index < -0.39 is 33.3 Å². The van der Waals surface area contributed by atoms with E-state index in [1.165, 1.54) is 6.92 Å². The molecule has 0 aromatic heterocycles. The molecule has 0 heterocycles. The van der Waals surface area contributed by atoms with Gasteiger partial charge in [-0.1, -0.05) is 13.3 Å². The van der Waals surface area contributed by atoms with E-state index in [-0.39, 0.29) is 12.2 Å². The van der Waals surface area contributed by atoms with E-state index in [1.807, 2.05) is 6.92 Å². The van der Waals surface area contributed by atoms with E-state index in [2.05, 4.69) is 5.32 Å². The third kappa shape index (κ3) is 7.12. The van der Waals surface area contributed by atoms with Crippen LogP contribution in [0, 0.1) is 0 Å². The fourth-order valence-corrected chi connectivity index (χ4v) is 2.21. The molecule has 4 N–H and O–H groups in total. The molecular formula is C11H22N2O5S. The molecule has 0 saturated heterocycles. The van der Waals surface area contributed by atoms with Crippen molar-refractivity contribution in [3.63, 3.8) is 0 Å². The van der Waals surface area contributed by atoms with Crippen molar-refractivity contribution in [3.8, 4) is 0 Å². The Bertz CT molecular complexity index is 430. The molecule has 0 rings (SSSR count). The maximum atomic E-state index is 11.8. The average Bonchev–Trinajstić information content (AvgIpc) is 2.21. The van der Waals surface area contributed by atoms with Gasteiger partial charge >= 0.3 is 5.97 Å². The summed E-state index contributed by atoms with van der Waals surface area (Å²) in [4.78, 5) is 22.8. The van der Waals surface area contributed by atoms with Crippen LogP contribution in [0.25, 0.3) is 0 Å². The van der Waals surface area contributed by atoms with E-state index in [9.17, 15) is 18.0 Å². The molecule has 2 unspecified atom stereocenters. The maximum absolute atomic E-state index is 11.8. The average molecular weight is 294 g/mol. The molecule has 19 heavy (non-hydrogen) atoms. The third-order valence-electron chi connectivity index (χ3n) is 2.67. The Labute approximate surface area is 113 Å². The van der Waals surface area contributed by atoms with E-state index in [1.54, 1.807) is 0 Å². The van der Waals surface area contributed by atoms with E-state index >= 15 is 0 Å². The van der Waals surface area contributed by atoms with Gasteiger partial charge in [-0.15, -0.1) is 0 Å². The topological polar surface area (TPSA) is 127 Å². The molecule has 0 aliphatic heterocycles. The summed E-state index contributed by atoms with van der Waals surface area (Å²) in [6.07, 6.45) is 1.93. The predicted octanol–water partition coefficient (Wildman–Crippen LogP) is -0.492. The van der Waals surface area contributed by atoms with E-state index in [4.69, 9.17) is 10.8 Å². The number of carboxylic acid groups (broad SMARTS) is 1. The normalized spacial score (nSPS) is 16.4. The number of aliphatic carboxylic acids is 1. The molecule has 1 amide bonds. The summed E-state index contributed by atoms with van der Waals surface area (Å²) in [7, 11) is -3.28. The SMILES string of the molecule is CCCC(C)(N)C(=O)NC(CCS(C)(=O)=O)C(=O)O. The van der Waals surface area contributed by atoms with Gasteiger partial charge in [-0.3, -0.25) is 4.79 Å². The number of sulfone groups is 1. The highest BCUT2D eigenvalue weighted by Gasteiger charge is 2.31. The highest BCUT2D eigenvalue weighted by Crippen LogP contribution is 2.09. The molecule has 0 aromatic carbocycles. The number of nitrogens with one attached hydrogen (secondary N) is 1. The van der Waals surface area contributed by atoms with Crippen molar-refractivity contribution in [2.75, 3.05) is 12.0 Å². The Kier molecular flexibility index (Phi) is 6.44. The first kappa shape index (κ1) is 17.8. The highest BCUT2D eigenvalue weighted by molar-refractivity contribution is 7.90. The summed E-state index contributed by atoms with van der Waals surface area (Å²) in [6, 6.07) is -1.25. The number of carbonyl (C=O) groups is 2. The summed E-state index contributed by atoms with van der Waals surface area (Å²) < 4.78 is 22.0. The van der Waals surface area contributed by atoms with Gasteiger partial charge in [0.25, 0.3) is 0 Å². The predicted molar refractivity (Wildman–Crippen MR) is 71.4 cm³/mol. The number of nitrogens with two attached hydrogens (primary N) is 1. The molecule has 112 valence electrons. The van der Waals surface area contributed by atoms with Crippen LogP contribution in [-0.4, -0.2) is 49.0 Å². The molecular weight excluding hydrogens is 272 g/mol. The van der Waals surface area contributed by atoms with E-state index in [0.29, 0.717) is 12.8 Å². The van der Waals surface area contributed by atoms with Crippen molar-refractivity contribution < 1.29 is 23.1 Å². The lowest BCUT2D eigenvalue weighted by atomic mass is 9.96. The van der Waals surface area contributed by atoms with Crippen molar-refractivity contribution >= 4 is 21.7 Å². The second kappa shape index (κ2) is 6.85. The zero-order chi connectivity index (χ0) is 15.3. The van der Waals surface area contributed by atoms with Crippen LogP contribution in [0.5, 0.6) is 0 Å². The molecule has 0 aliphatic carbocycles. The van der Waals surface area contributed by atoms with Gasteiger partial charge in [-0.05, 0) is 19.8 Å². The fourth-order valence-electron chi connectivity index (χ4n) is 1.55. The Hall–Kier alpha value is -1.15. The molecule has 0 spiro atoms. The number of carbonyl (C=O) groups excluding carboxylic acids is 1. The van der Waals surface area contributed by atoms with Crippen LogP contribution < -0.4 is 11.1 Å². The van der Waals surface area contributed by atoms with Gasteiger partial charge in [-0.2, -0.15) is 0 Å². The van der Waals surface area contributed by atoms with Crippen LogP contribution in [0.3, 0.4) is 0 Å². The molecule has 0 saturated carbocycles. The summed E-state index contributed by atoms with van der Waals surface area (Å²) >= 11 is 0. The van der Waals surface area contributed by atoms with Crippen LogP contribution >= 0.6 is 0 Å². The summed E-state index contributed by atoms with van der Waals surface area (Å²) in [5, 5.41) is 11.3. The minimum atomic E-state index is -3.28. The monoisotopic (exact) mass is 294 g/mol. The van der Waals surface area contributed by atoms with Crippen molar-refractivity contribution in [2.24, 2.45) is 5.73 Å². The lowest BCUT2D eigenvalue weighted by Crippen LogP contribution is -2.55. The zero-order valence-electron chi connectivity index (χ0n) is 11.5. The van der Waals surface area contributed by atoms with Crippen LogP contribution in [0.15, 0.2) is 0 Å². The minimum Gasteiger partial charge on any atom is -0.480 e. The number of carboxylic acids is 1. The molecule has 2 atom stereocenters. The standard InChI is InChI=1S/C11H22N2O5S/c1-4-6-11(2,12)10(16)13-8(9(14)15)5-7-19(3,17)18/h8H,4-7,12H2,1-3H3,(H,13,16)(H,14,15). The Morgan fingerprint density at radius 3 is 2.32 bits per heavy atom. The largest absolute Gasteiger partial charge is 0.480 e. The lowest BCUT2D eigenvalue weighted by molar-refractivity contribution is -0.142. The minimum absolute atomic E-state index is 0.178. The first-order valence-corrected chi connectivity index (χ1v) is 8.06. The molecule has 0 bridgehead atoms. The first-order valence-electron chi connectivity index (χ1n) is 6.00. The fraction of sp³-hybridized carbons (Fsp3) is 0.818. The van der Waals surface area contributed by atoms with Gasteiger partial charge in [-0.25, -0.2) is 13.2 Å². The van der Waals surface area contributed by atoms with Gasteiger partial charge in [0.1, 0.15) is 15.9 Å². The molecule has 0 aliphatic rings. The second-order valence-corrected chi connectivity index (χ2v) is 7.21. The number of hydrogen-bond acceptors (Lipinski definition) is 5. The van der Waals surface area contributed by atoms with Gasteiger partial charge in [0, 0.05) is 6.26 Å². The van der Waals surface area contributed by atoms with E-state index in [0.717, 1.165) is 6.26 Å². The number of rotatable bonds is 8. The van der Waals surface area contributed by atoms with Gasteiger partial charge in [0.15, 0.2) is 0 Å². The molecule has 7 nitrogen and oxygen atoms in total. The van der Waals surface area contributed by atoms with Gasteiger partial charge < -0.3 is 16.2 Å². The summed E-state index contributed by atoms with van der Waals surface area (Å²) in [6.45, 7) is 3.37. The zero-order valence-corrected chi connectivity index (χ0v) is 12.3. The third-order valence-corrected chi connectivity index (χ3v) is 3.65. The van der Waals surface area contributed by atoms with Crippen molar-refractivity contribution in [2.45, 2.75) is 44.7 Å². The van der Waals surface area contributed by atoms with Crippen molar-refractivity contribution in [1.82, 2.24) is 5.32 Å². The van der Waals surface area contributed by atoms with Gasteiger partial charge in [0.05, 0.1) is 11.3 Å². The highest BCUT2D eigenvalue weighted by atomic mass is 32.2. The summed E-state index contributed by atoms with van der Waals surface area (Å²) in [5.41, 5.74) is 4.62. The Balaban J connectivity index is 4.68. The van der Waals surface area contributed by atoms with Crippen molar-refractivity contribution in [1.29, 1.82) is 0 Å².